The summed E-state index contributed by atoms with van der Waals surface area (Å²) in [4.78, 5) is 65.5. The van der Waals surface area contributed by atoms with Gasteiger partial charge in [-0.1, -0.05) is 24.3 Å². The maximum Gasteiger partial charge on any atom is 0.270 e. The molecule has 4 aromatic rings. The van der Waals surface area contributed by atoms with Crippen LogP contribution in [-0.2, 0) is 0 Å². The average Bonchev–Trinajstić information content (AvgIpc) is 2.98. The molecule has 6 rings (SSSR count). The van der Waals surface area contributed by atoms with Crippen molar-refractivity contribution in [1.82, 2.24) is 15.1 Å². The number of imide groups is 2. The minimum Gasteiger partial charge on any atom is -0.399 e. The lowest BCUT2D eigenvalue weighted by Crippen LogP contribution is -2.44. The van der Waals surface area contributed by atoms with Crippen molar-refractivity contribution in [3.63, 3.8) is 0 Å². The number of hydrogen-bond acceptors (Lipinski definition) is 9. The second kappa shape index (κ2) is 10.9. The molecule has 12 heteroatoms. The van der Waals surface area contributed by atoms with E-state index in [4.69, 9.17) is 5.73 Å². The minimum absolute atomic E-state index is 0.103. The van der Waals surface area contributed by atoms with E-state index in [-0.39, 0.29) is 36.2 Å². The molecule has 2 aliphatic rings. The number of nitrogens with two attached hydrogens (primary N) is 1. The van der Waals surface area contributed by atoms with Crippen molar-refractivity contribution in [1.29, 1.82) is 0 Å². The second-order valence-electron chi connectivity index (χ2n) is 10.0. The molecule has 0 bridgehead atoms. The van der Waals surface area contributed by atoms with Crippen molar-refractivity contribution in [2.45, 2.75) is 0 Å². The summed E-state index contributed by atoms with van der Waals surface area (Å²) >= 11 is 1.56. The summed E-state index contributed by atoms with van der Waals surface area (Å²) in [6.07, 6.45) is 0. The van der Waals surface area contributed by atoms with Crippen molar-refractivity contribution in [2.24, 2.45) is 0 Å². The molecule has 212 valence electrons. The first-order valence-electron chi connectivity index (χ1n) is 13.3. The zero-order valence-electron chi connectivity index (χ0n) is 22.3. The Morgan fingerprint density at radius 2 is 1.29 bits per heavy atom. The van der Waals surface area contributed by atoms with Crippen LogP contribution in [0.2, 0.25) is 0 Å². The van der Waals surface area contributed by atoms with Crippen molar-refractivity contribution in [2.75, 3.05) is 43.4 Å². The summed E-state index contributed by atoms with van der Waals surface area (Å²) in [5, 5.41) is 16.9. The first-order chi connectivity index (χ1) is 20.3. The van der Waals surface area contributed by atoms with E-state index in [0.29, 0.717) is 63.1 Å². The number of nitrogens with one attached hydrogen (secondary N) is 1. The standard InChI is InChI=1S/C30H25N5O6S/c31-19-13-17-3-1-5-21-25(17)23(15-19)29(38)34(28(21)37)10-12-42-11-8-32-7-9-33-27(36)22-6-2-4-18-14-20(35(40)41)16-24(26(18)22)30(33)39/h1-6,13-16,32H,7-12,31H2. The number of benzene rings is 4. The van der Waals surface area contributed by atoms with E-state index in [2.05, 4.69) is 5.32 Å². The van der Waals surface area contributed by atoms with E-state index >= 15 is 0 Å². The molecule has 0 radical (unpaired) electrons. The number of amides is 4. The second-order valence-corrected chi connectivity index (χ2v) is 11.2. The Hall–Kier alpha value is -4.81. The number of carbonyl (C=O) groups excluding carboxylic acids is 4. The molecule has 0 unspecified atom stereocenters. The third-order valence-electron chi connectivity index (χ3n) is 7.47. The van der Waals surface area contributed by atoms with Crippen LogP contribution in [0.3, 0.4) is 0 Å². The molecule has 0 saturated carbocycles. The SMILES string of the molecule is Nc1cc2c3c(cccc3c1)C(=O)N(CCSCCNCCN1C(=O)c3cccc4cc([N+](=O)[O-])cc(c34)C1=O)C2=O. The smallest absolute Gasteiger partial charge is 0.270 e. The number of hydrogen-bond donors (Lipinski definition) is 2. The topological polar surface area (TPSA) is 156 Å². The van der Waals surface area contributed by atoms with E-state index in [1.165, 1.54) is 17.0 Å². The van der Waals surface area contributed by atoms with Crippen LogP contribution in [0.5, 0.6) is 0 Å². The predicted octanol–water partition coefficient (Wildman–Crippen LogP) is 3.70. The Morgan fingerprint density at radius 3 is 1.93 bits per heavy atom. The van der Waals surface area contributed by atoms with Crippen molar-refractivity contribution in [3.8, 4) is 0 Å². The van der Waals surface area contributed by atoms with Crippen LogP contribution < -0.4 is 11.1 Å². The van der Waals surface area contributed by atoms with Gasteiger partial charge in [-0.3, -0.25) is 39.1 Å². The van der Waals surface area contributed by atoms with Gasteiger partial charge in [0.15, 0.2) is 0 Å². The first-order valence-corrected chi connectivity index (χ1v) is 14.5. The number of carbonyl (C=O) groups is 4. The molecule has 2 aliphatic heterocycles. The molecule has 3 N–H and O–H groups in total. The Kier molecular flexibility index (Phi) is 7.09. The highest BCUT2D eigenvalue weighted by atomic mass is 32.2. The van der Waals surface area contributed by atoms with Crippen LogP contribution in [0.15, 0.2) is 60.7 Å². The zero-order chi connectivity index (χ0) is 29.5. The van der Waals surface area contributed by atoms with Crippen LogP contribution in [-0.4, -0.2) is 76.0 Å². The number of nitrogens with zero attached hydrogens (tertiary/aromatic N) is 3. The summed E-state index contributed by atoms with van der Waals surface area (Å²) in [6.45, 7) is 1.26. The molecule has 0 aromatic heterocycles. The van der Waals surface area contributed by atoms with Gasteiger partial charge in [-0.15, -0.1) is 0 Å². The fourth-order valence-electron chi connectivity index (χ4n) is 5.55. The van der Waals surface area contributed by atoms with Gasteiger partial charge in [-0.2, -0.15) is 11.8 Å². The number of thioether (sulfide) groups is 1. The molecule has 2 heterocycles. The van der Waals surface area contributed by atoms with Crippen LogP contribution in [0.4, 0.5) is 11.4 Å². The number of anilines is 1. The molecule has 0 aliphatic carbocycles. The predicted molar refractivity (Wildman–Crippen MR) is 160 cm³/mol. The maximum absolute atomic E-state index is 13.1. The maximum atomic E-state index is 13.1. The van der Waals surface area contributed by atoms with Gasteiger partial charge in [-0.05, 0) is 35.0 Å². The van der Waals surface area contributed by atoms with Gasteiger partial charge in [-0.25, -0.2) is 0 Å². The molecule has 4 amide bonds. The number of nitro benzene ring substituents is 1. The van der Waals surface area contributed by atoms with Crippen LogP contribution >= 0.6 is 11.8 Å². The molecular weight excluding hydrogens is 558 g/mol. The fourth-order valence-corrected chi connectivity index (χ4v) is 6.36. The Bertz CT molecular complexity index is 1840. The third-order valence-corrected chi connectivity index (χ3v) is 8.43. The number of nitro groups is 1. The summed E-state index contributed by atoms with van der Waals surface area (Å²) in [7, 11) is 0. The highest BCUT2D eigenvalue weighted by molar-refractivity contribution is 7.99. The van der Waals surface area contributed by atoms with E-state index < -0.39 is 16.7 Å². The quantitative estimate of drug-likeness (QED) is 0.0934. The largest absolute Gasteiger partial charge is 0.399 e. The monoisotopic (exact) mass is 583 g/mol. The molecule has 4 aromatic carbocycles. The molecule has 0 spiro atoms. The molecule has 0 atom stereocenters. The van der Waals surface area contributed by atoms with Gasteiger partial charge in [0.2, 0.25) is 0 Å². The Labute approximate surface area is 243 Å². The summed E-state index contributed by atoms with van der Waals surface area (Å²) in [5.74, 6) is -0.453. The third kappa shape index (κ3) is 4.64. The summed E-state index contributed by atoms with van der Waals surface area (Å²) in [5.41, 5.74) is 7.66. The lowest BCUT2D eigenvalue weighted by Gasteiger charge is -2.27. The van der Waals surface area contributed by atoms with E-state index in [9.17, 15) is 29.3 Å². The average molecular weight is 584 g/mol. The summed E-state index contributed by atoms with van der Waals surface area (Å²) < 4.78 is 0. The molecule has 0 fully saturated rings. The van der Waals surface area contributed by atoms with E-state index in [0.717, 1.165) is 10.3 Å². The van der Waals surface area contributed by atoms with Crippen LogP contribution in [0.1, 0.15) is 41.4 Å². The van der Waals surface area contributed by atoms with Gasteiger partial charge in [0.05, 0.1) is 16.1 Å². The van der Waals surface area contributed by atoms with Gasteiger partial charge in [0, 0.05) is 77.4 Å². The fraction of sp³-hybridized carbons (Fsp3) is 0.200. The first kappa shape index (κ1) is 27.4. The molecule has 11 nitrogen and oxygen atoms in total. The lowest BCUT2D eigenvalue weighted by atomic mass is 9.93. The highest BCUT2D eigenvalue weighted by Gasteiger charge is 2.34. The van der Waals surface area contributed by atoms with Crippen molar-refractivity contribution < 1.29 is 24.1 Å². The molecule has 0 saturated heterocycles. The number of rotatable bonds is 10. The Morgan fingerprint density at radius 1 is 0.714 bits per heavy atom. The van der Waals surface area contributed by atoms with Gasteiger partial charge in [0.25, 0.3) is 29.3 Å². The number of nitrogen functional groups attached to an aromatic ring is 1. The minimum atomic E-state index is -0.557. The van der Waals surface area contributed by atoms with Gasteiger partial charge >= 0.3 is 0 Å². The number of non-ortho nitro benzene ring substituents is 1. The van der Waals surface area contributed by atoms with Crippen molar-refractivity contribution >= 4 is 68.3 Å². The Balaban J connectivity index is 1.00. The molecular formula is C30H25N5O6S. The summed E-state index contributed by atoms with van der Waals surface area (Å²) in [6, 6.07) is 16.2. The molecule has 42 heavy (non-hydrogen) atoms. The normalized spacial score (nSPS) is 14.4. The van der Waals surface area contributed by atoms with Crippen molar-refractivity contribution in [3.05, 3.63) is 93.0 Å². The van der Waals surface area contributed by atoms with Crippen LogP contribution in [0, 0.1) is 10.1 Å². The lowest BCUT2D eigenvalue weighted by molar-refractivity contribution is -0.384. The van der Waals surface area contributed by atoms with E-state index in [1.54, 1.807) is 54.2 Å². The van der Waals surface area contributed by atoms with Gasteiger partial charge in [0.1, 0.15) is 0 Å². The van der Waals surface area contributed by atoms with Gasteiger partial charge < -0.3 is 11.1 Å². The van der Waals surface area contributed by atoms with Crippen LogP contribution in [0.25, 0.3) is 21.5 Å². The zero-order valence-corrected chi connectivity index (χ0v) is 23.1. The van der Waals surface area contributed by atoms with E-state index in [1.807, 2.05) is 6.07 Å². The highest BCUT2D eigenvalue weighted by Crippen LogP contribution is 2.34.